The fraction of sp³-hybridized carbons (Fsp3) is 0.647. The second kappa shape index (κ2) is 4.30. The molecule has 1 aromatic carbocycles. The van der Waals surface area contributed by atoms with Crippen LogP contribution >= 0.6 is 0 Å². The molecule has 0 radical (unpaired) electrons. The van der Waals surface area contributed by atoms with Crippen molar-refractivity contribution >= 4 is 0 Å². The van der Waals surface area contributed by atoms with E-state index in [1.165, 1.54) is 17.5 Å². The van der Waals surface area contributed by atoms with E-state index in [2.05, 4.69) is 11.0 Å². The Morgan fingerprint density at radius 1 is 1.36 bits per heavy atom. The number of benzene rings is 1. The Morgan fingerprint density at radius 3 is 3.14 bits per heavy atom. The number of fused-ring (bicyclic) bond motifs is 2. The van der Waals surface area contributed by atoms with E-state index in [4.69, 9.17) is 14.2 Å². The van der Waals surface area contributed by atoms with E-state index in [9.17, 15) is 5.11 Å². The van der Waals surface area contributed by atoms with Crippen molar-refractivity contribution < 1.29 is 19.3 Å². The molecule has 22 heavy (non-hydrogen) atoms. The van der Waals surface area contributed by atoms with Crippen LogP contribution < -0.4 is 14.2 Å². The Hall–Kier alpha value is -1.46. The van der Waals surface area contributed by atoms with Gasteiger partial charge in [-0.05, 0) is 43.9 Å². The summed E-state index contributed by atoms with van der Waals surface area (Å²) in [6.07, 6.45) is 3.83. The SMILES string of the molecule is COc1c2c(cc3c1OCO3)[C@]13CCC(O)C[C@H]1N(CC3)C2. The molecule has 1 N–H and O–H groups in total. The smallest absolute Gasteiger partial charge is 0.231 e. The highest BCUT2D eigenvalue weighted by molar-refractivity contribution is 5.63. The van der Waals surface area contributed by atoms with Gasteiger partial charge in [0.15, 0.2) is 11.5 Å². The zero-order valence-electron chi connectivity index (χ0n) is 12.8. The van der Waals surface area contributed by atoms with Crippen LogP contribution in [0.25, 0.3) is 0 Å². The Labute approximate surface area is 129 Å². The van der Waals surface area contributed by atoms with Gasteiger partial charge in [-0.1, -0.05) is 0 Å². The van der Waals surface area contributed by atoms with Crippen molar-refractivity contribution in [2.75, 3.05) is 20.4 Å². The van der Waals surface area contributed by atoms with Gasteiger partial charge in [0.25, 0.3) is 0 Å². The molecular weight excluding hydrogens is 282 g/mol. The second-order valence-corrected chi connectivity index (χ2v) is 6.99. The molecule has 2 bridgehead atoms. The van der Waals surface area contributed by atoms with Crippen LogP contribution in [-0.4, -0.2) is 42.6 Å². The minimum Gasteiger partial charge on any atom is -0.492 e. The molecule has 1 saturated heterocycles. The van der Waals surface area contributed by atoms with Gasteiger partial charge < -0.3 is 19.3 Å². The Kier molecular flexibility index (Phi) is 2.54. The standard InChI is InChI=1S/C17H21NO4/c1-20-15-11-8-18-5-4-17(3-2-10(19)6-14(17)18)12(11)7-13-16(15)22-9-21-13/h7,10,14,19H,2-6,8-9H2,1H3/t10?,14-,17-/m1/s1. The summed E-state index contributed by atoms with van der Waals surface area (Å²) < 4.78 is 17.0. The molecule has 0 amide bonds. The van der Waals surface area contributed by atoms with Gasteiger partial charge in [-0.3, -0.25) is 4.90 Å². The minimum atomic E-state index is -0.156. The number of rotatable bonds is 1. The first-order valence-electron chi connectivity index (χ1n) is 8.15. The molecule has 3 aliphatic heterocycles. The molecule has 1 saturated carbocycles. The number of methoxy groups -OCH3 is 1. The van der Waals surface area contributed by atoms with E-state index < -0.39 is 0 Å². The zero-order chi connectivity index (χ0) is 14.9. The molecule has 3 heterocycles. The van der Waals surface area contributed by atoms with Gasteiger partial charge in [-0.2, -0.15) is 0 Å². The van der Waals surface area contributed by atoms with Crippen molar-refractivity contribution in [2.24, 2.45) is 0 Å². The number of hydrogen-bond acceptors (Lipinski definition) is 5. The summed E-state index contributed by atoms with van der Waals surface area (Å²) in [5.74, 6) is 2.42. The summed E-state index contributed by atoms with van der Waals surface area (Å²) in [4.78, 5) is 2.52. The van der Waals surface area contributed by atoms with Crippen LogP contribution in [0.15, 0.2) is 6.07 Å². The maximum Gasteiger partial charge on any atom is 0.231 e. The monoisotopic (exact) mass is 303 g/mol. The second-order valence-electron chi connectivity index (χ2n) is 6.99. The lowest BCUT2D eigenvalue weighted by molar-refractivity contribution is 0.0378. The van der Waals surface area contributed by atoms with Crippen molar-refractivity contribution in [3.05, 3.63) is 17.2 Å². The highest BCUT2D eigenvalue weighted by atomic mass is 16.7. The Bertz CT molecular complexity index is 646. The van der Waals surface area contributed by atoms with E-state index in [1.807, 2.05) is 0 Å². The van der Waals surface area contributed by atoms with Crippen LogP contribution in [0.1, 0.15) is 36.8 Å². The molecular formula is C17H21NO4. The van der Waals surface area contributed by atoms with Crippen molar-refractivity contribution in [2.45, 2.75) is 49.8 Å². The van der Waals surface area contributed by atoms with E-state index >= 15 is 0 Å². The van der Waals surface area contributed by atoms with Crippen molar-refractivity contribution in [3.8, 4) is 17.2 Å². The molecule has 0 aromatic heterocycles. The topological polar surface area (TPSA) is 51.2 Å². The fourth-order valence-electron chi connectivity index (χ4n) is 5.19. The summed E-state index contributed by atoms with van der Waals surface area (Å²) in [5, 5.41) is 10.1. The lowest BCUT2D eigenvalue weighted by Gasteiger charge is -2.48. The molecule has 4 aliphatic rings. The summed E-state index contributed by atoms with van der Waals surface area (Å²) >= 11 is 0. The van der Waals surface area contributed by atoms with Crippen LogP contribution in [-0.2, 0) is 12.0 Å². The van der Waals surface area contributed by atoms with Crippen molar-refractivity contribution in [1.29, 1.82) is 0 Å². The van der Waals surface area contributed by atoms with Crippen LogP contribution in [0.3, 0.4) is 0 Å². The largest absolute Gasteiger partial charge is 0.492 e. The predicted octanol–water partition coefficient (Wildman–Crippen LogP) is 1.79. The molecule has 5 heteroatoms. The van der Waals surface area contributed by atoms with Gasteiger partial charge in [0, 0.05) is 23.6 Å². The number of aliphatic hydroxyl groups is 1. The summed E-state index contributed by atoms with van der Waals surface area (Å²) in [5.41, 5.74) is 2.79. The number of hydrogen-bond donors (Lipinski definition) is 1. The summed E-state index contributed by atoms with van der Waals surface area (Å²) in [7, 11) is 1.71. The van der Waals surface area contributed by atoms with Gasteiger partial charge in [0.05, 0.1) is 13.2 Å². The fourth-order valence-corrected chi connectivity index (χ4v) is 5.19. The van der Waals surface area contributed by atoms with E-state index in [1.54, 1.807) is 7.11 Å². The van der Waals surface area contributed by atoms with Crippen LogP contribution in [0.2, 0.25) is 0 Å². The first-order valence-corrected chi connectivity index (χ1v) is 8.15. The van der Waals surface area contributed by atoms with Crippen LogP contribution in [0.5, 0.6) is 17.2 Å². The van der Waals surface area contributed by atoms with Crippen LogP contribution in [0.4, 0.5) is 0 Å². The van der Waals surface area contributed by atoms with E-state index in [-0.39, 0.29) is 18.3 Å². The zero-order valence-corrected chi connectivity index (χ0v) is 12.8. The minimum absolute atomic E-state index is 0.154. The van der Waals surface area contributed by atoms with Gasteiger partial charge in [0.2, 0.25) is 12.5 Å². The first-order chi connectivity index (χ1) is 10.7. The third kappa shape index (κ3) is 1.46. The quantitative estimate of drug-likeness (QED) is 0.857. The Morgan fingerprint density at radius 2 is 2.27 bits per heavy atom. The molecule has 1 aliphatic carbocycles. The normalized spacial score (nSPS) is 37.6. The third-order valence-electron chi connectivity index (χ3n) is 6.17. The van der Waals surface area contributed by atoms with Gasteiger partial charge in [0.1, 0.15) is 0 Å². The van der Waals surface area contributed by atoms with Crippen molar-refractivity contribution in [1.82, 2.24) is 4.90 Å². The number of ether oxygens (including phenoxy) is 3. The molecule has 118 valence electrons. The van der Waals surface area contributed by atoms with Crippen LogP contribution in [0, 0.1) is 0 Å². The molecule has 5 nitrogen and oxygen atoms in total. The number of aliphatic hydroxyl groups excluding tert-OH is 1. The average molecular weight is 303 g/mol. The molecule has 0 spiro atoms. The highest BCUT2D eigenvalue weighted by Crippen LogP contribution is 2.58. The molecule has 2 unspecified atom stereocenters. The molecule has 5 rings (SSSR count). The average Bonchev–Trinajstić information content (AvgIpc) is 3.08. The maximum absolute atomic E-state index is 10.1. The van der Waals surface area contributed by atoms with Crippen molar-refractivity contribution in [3.63, 3.8) is 0 Å². The predicted molar refractivity (Wildman–Crippen MR) is 79.5 cm³/mol. The summed E-state index contributed by atoms with van der Waals surface area (Å²) in [6.45, 7) is 2.25. The Balaban J connectivity index is 1.73. The van der Waals surface area contributed by atoms with Gasteiger partial charge >= 0.3 is 0 Å². The summed E-state index contributed by atoms with van der Waals surface area (Å²) in [6, 6.07) is 2.64. The van der Waals surface area contributed by atoms with E-state index in [0.29, 0.717) is 6.04 Å². The lowest BCUT2D eigenvalue weighted by atomic mass is 9.63. The lowest BCUT2D eigenvalue weighted by Crippen LogP contribution is -2.51. The van der Waals surface area contributed by atoms with Gasteiger partial charge in [-0.15, -0.1) is 0 Å². The highest BCUT2D eigenvalue weighted by Gasteiger charge is 2.55. The molecule has 1 aromatic rings. The first kappa shape index (κ1) is 13.0. The number of nitrogens with zero attached hydrogens (tertiary/aromatic N) is 1. The van der Waals surface area contributed by atoms with E-state index in [0.717, 1.165) is 49.6 Å². The maximum atomic E-state index is 10.1. The third-order valence-corrected chi connectivity index (χ3v) is 6.17. The molecule has 4 atom stereocenters. The van der Waals surface area contributed by atoms with Gasteiger partial charge in [-0.25, -0.2) is 0 Å². The molecule has 2 fully saturated rings.